The van der Waals surface area contributed by atoms with E-state index >= 15 is 0 Å². The minimum absolute atomic E-state index is 0.0600. The van der Waals surface area contributed by atoms with Crippen molar-refractivity contribution in [1.82, 2.24) is 5.32 Å². The number of para-hydroxylation sites is 1. The Kier molecular flexibility index (Phi) is 8.75. The van der Waals surface area contributed by atoms with Crippen molar-refractivity contribution >= 4 is 40.6 Å². The molecule has 0 aliphatic carbocycles. The number of nitro groups is 1. The number of nitro benzene ring substituents is 1. The molecule has 0 spiro atoms. The zero-order chi connectivity index (χ0) is 27.8. The standard InChI is InChI=1S/C29H25ClN4O5/c1-20-7-10-22(11-8-20)32-29(36)33(23-12-14-25(15-13-23)39-24-5-3-2-4-6-24)18-17-31-28(35)21-9-16-26(30)27(19-21)34(37)38/h2-16,19H,17-18H2,1H3,(H,31,35)(H,32,36). The number of carbonyl (C=O) groups excluding carboxylic acids is 2. The molecule has 0 bridgehead atoms. The first-order valence-electron chi connectivity index (χ1n) is 12.0. The third kappa shape index (κ3) is 7.33. The zero-order valence-corrected chi connectivity index (χ0v) is 21.7. The van der Waals surface area contributed by atoms with Gasteiger partial charge in [0.05, 0.1) is 4.92 Å². The van der Waals surface area contributed by atoms with Gasteiger partial charge in [0, 0.05) is 36.1 Å². The van der Waals surface area contributed by atoms with Crippen LogP contribution in [0.15, 0.2) is 97.1 Å². The number of nitrogens with one attached hydrogen (secondary N) is 2. The molecule has 0 saturated carbocycles. The highest BCUT2D eigenvalue weighted by molar-refractivity contribution is 6.32. The summed E-state index contributed by atoms with van der Waals surface area (Å²) in [6, 6.07) is 27.1. The highest BCUT2D eigenvalue weighted by Gasteiger charge is 2.19. The van der Waals surface area contributed by atoms with E-state index in [1.54, 1.807) is 36.4 Å². The summed E-state index contributed by atoms with van der Waals surface area (Å²) in [4.78, 5) is 37.9. The number of amides is 3. The highest BCUT2D eigenvalue weighted by Crippen LogP contribution is 2.26. The molecule has 198 valence electrons. The molecule has 4 aromatic rings. The number of anilines is 2. The lowest BCUT2D eigenvalue weighted by atomic mass is 10.2. The second kappa shape index (κ2) is 12.6. The molecule has 3 amide bonds. The first-order valence-corrected chi connectivity index (χ1v) is 12.4. The van der Waals surface area contributed by atoms with Gasteiger partial charge in [0.15, 0.2) is 0 Å². The van der Waals surface area contributed by atoms with Gasteiger partial charge < -0.3 is 15.4 Å². The summed E-state index contributed by atoms with van der Waals surface area (Å²) < 4.78 is 5.84. The monoisotopic (exact) mass is 544 g/mol. The fourth-order valence-electron chi connectivity index (χ4n) is 3.67. The predicted molar refractivity (Wildman–Crippen MR) is 151 cm³/mol. The lowest BCUT2D eigenvalue weighted by molar-refractivity contribution is -0.384. The second-order valence-electron chi connectivity index (χ2n) is 8.54. The number of ether oxygens (including phenoxy) is 1. The minimum Gasteiger partial charge on any atom is -0.457 e. The van der Waals surface area contributed by atoms with Gasteiger partial charge in [0.1, 0.15) is 16.5 Å². The van der Waals surface area contributed by atoms with E-state index in [0.29, 0.717) is 22.9 Å². The quantitative estimate of drug-likeness (QED) is 0.177. The molecule has 0 fully saturated rings. The summed E-state index contributed by atoms with van der Waals surface area (Å²) in [6.07, 6.45) is 0. The molecule has 0 heterocycles. The predicted octanol–water partition coefficient (Wildman–Crippen LogP) is 6.82. The average Bonchev–Trinajstić information content (AvgIpc) is 2.93. The molecular formula is C29H25ClN4O5. The third-order valence-corrected chi connectivity index (χ3v) is 6.02. The van der Waals surface area contributed by atoms with E-state index in [4.69, 9.17) is 16.3 Å². The van der Waals surface area contributed by atoms with Crippen molar-refractivity contribution in [3.05, 3.63) is 123 Å². The van der Waals surface area contributed by atoms with Crippen molar-refractivity contribution in [2.75, 3.05) is 23.3 Å². The average molecular weight is 545 g/mol. The lowest BCUT2D eigenvalue weighted by Crippen LogP contribution is -2.41. The maximum Gasteiger partial charge on any atom is 0.326 e. The molecule has 4 rings (SSSR count). The topological polar surface area (TPSA) is 114 Å². The molecule has 0 atom stereocenters. The molecule has 0 aromatic heterocycles. The van der Waals surface area contributed by atoms with Crippen molar-refractivity contribution in [3.63, 3.8) is 0 Å². The van der Waals surface area contributed by atoms with Crippen LogP contribution in [0.2, 0.25) is 5.02 Å². The first-order chi connectivity index (χ1) is 18.8. The van der Waals surface area contributed by atoms with Crippen LogP contribution in [0.5, 0.6) is 11.5 Å². The Labute approximate surface area is 230 Å². The van der Waals surface area contributed by atoms with E-state index in [0.717, 1.165) is 11.6 Å². The maximum absolute atomic E-state index is 13.3. The van der Waals surface area contributed by atoms with Crippen LogP contribution in [0.4, 0.5) is 21.9 Å². The number of hydrogen-bond acceptors (Lipinski definition) is 5. The number of hydrogen-bond donors (Lipinski definition) is 2. The molecule has 10 heteroatoms. The van der Waals surface area contributed by atoms with Gasteiger partial charge in [-0.1, -0.05) is 47.5 Å². The van der Waals surface area contributed by atoms with Crippen molar-refractivity contribution in [3.8, 4) is 11.5 Å². The Morgan fingerprint density at radius 2 is 1.59 bits per heavy atom. The largest absolute Gasteiger partial charge is 0.457 e. The number of carbonyl (C=O) groups is 2. The van der Waals surface area contributed by atoms with Crippen molar-refractivity contribution in [1.29, 1.82) is 0 Å². The van der Waals surface area contributed by atoms with E-state index in [-0.39, 0.29) is 29.4 Å². The number of rotatable bonds is 9. The molecular weight excluding hydrogens is 520 g/mol. The molecule has 0 saturated heterocycles. The number of halogens is 1. The molecule has 39 heavy (non-hydrogen) atoms. The molecule has 2 N–H and O–H groups in total. The van der Waals surface area contributed by atoms with Crippen LogP contribution < -0.4 is 20.3 Å². The normalized spacial score (nSPS) is 10.4. The SMILES string of the molecule is Cc1ccc(NC(=O)N(CCNC(=O)c2ccc(Cl)c([N+](=O)[O-])c2)c2ccc(Oc3ccccc3)cc2)cc1. The van der Waals surface area contributed by atoms with Crippen LogP contribution in [0.1, 0.15) is 15.9 Å². The first kappa shape index (κ1) is 27.2. The molecule has 0 unspecified atom stereocenters. The Balaban J connectivity index is 1.48. The van der Waals surface area contributed by atoms with E-state index in [1.165, 1.54) is 17.0 Å². The fraction of sp³-hybridized carbons (Fsp3) is 0.103. The van der Waals surface area contributed by atoms with Gasteiger partial charge in [0.25, 0.3) is 11.6 Å². The van der Waals surface area contributed by atoms with Gasteiger partial charge in [-0.2, -0.15) is 0 Å². The van der Waals surface area contributed by atoms with Gasteiger partial charge in [-0.3, -0.25) is 19.8 Å². The van der Waals surface area contributed by atoms with E-state index < -0.39 is 16.9 Å². The summed E-state index contributed by atoms with van der Waals surface area (Å²) >= 11 is 5.84. The van der Waals surface area contributed by atoms with Crippen molar-refractivity contribution < 1.29 is 19.2 Å². The molecule has 0 radical (unpaired) electrons. The zero-order valence-electron chi connectivity index (χ0n) is 21.0. The van der Waals surface area contributed by atoms with Gasteiger partial charge in [-0.25, -0.2) is 4.79 Å². The van der Waals surface area contributed by atoms with E-state index in [2.05, 4.69) is 10.6 Å². The smallest absolute Gasteiger partial charge is 0.326 e. The number of aryl methyl sites for hydroxylation is 1. The van der Waals surface area contributed by atoms with Gasteiger partial charge in [-0.05, 0) is 67.6 Å². The number of benzene rings is 4. The summed E-state index contributed by atoms with van der Waals surface area (Å²) in [6.45, 7) is 2.16. The summed E-state index contributed by atoms with van der Waals surface area (Å²) in [7, 11) is 0. The summed E-state index contributed by atoms with van der Waals surface area (Å²) in [5, 5.41) is 16.7. The summed E-state index contributed by atoms with van der Waals surface area (Å²) in [5.41, 5.74) is 1.99. The van der Waals surface area contributed by atoms with E-state index in [9.17, 15) is 19.7 Å². The van der Waals surface area contributed by atoms with Crippen LogP contribution in [0.3, 0.4) is 0 Å². The number of nitrogens with zero attached hydrogens (tertiary/aromatic N) is 2. The van der Waals surface area contributed by atoms with Crippen LogP contribution in [0.25, 0.3) is 0 Å². The fourth-order valence-corrected chi connectivity index (χ4v) is 3.86. The van der Waals surface area contributed by atoms with Gasteiger partial charge in [-0.15, -0.1) is 0 Å². The van der Waals surface area contributed by atoms with Crippen LogP contribution in [-0.4, -0.2) is 30.0 Å². The molecule has 4 aromatic carbocycles. The Morgan fingerprint density at radius 3 is 2.26 bits per heavy atom. The Morgan fingerprint density at radius 1 is 0.923 bits per heavy atom. The van der Waals surface area contributed by atoms with Crippen LogP contribution in [0, 0.1) is 17.0 Å². The Bertz CT molecular complexity index is 1460. The van der Waals surface area contributed by atoms with Crippen LogP contribution >= 0.6 is 11.6 Å². The highest BCUT2D eigenvalue weighted by atomic mass is 35.5. The minimum atomic E-state index is -0.651. The lowest BCUT2D eigenvalue weighted by Gasteiger charge is -2.24. The third-order valence-electron chi connectivity index (χ3n) is 5.70. The van der Waals surface area contributed by atoms with Crippen molar-refractivity contribution in [2.45, 2.75) is 6.92 Å². The van der Waals surface area contributed by atoms with Crippen LogP contribution in [-0.2, 0) is 0 Å². The van der Waals surface area contributed by atoms with Gasteiger partial charge in [0.2, 0.25) is 0 Å². The molecule has 9 nitrogen and oxygen atoms in total. The van der Waals surface area contributed by atoms with Crippen molar-refractivity contribution in [2.24, 2.45) is 0 Å². The molecule has 0 aliphatic heterocycles. The Hall–Kier alpha value is -4.89. The summed E-state index contributed by atoms with van der Waals surface area (Å²) in [5.74, 6) is 0.756. The number of urea groups is 1. The molecule has 0 aliphatic rings. The second-order valence-corrected chi connectivity index (χ2v) is 8.94. The maximum atomic E-state index is 13.3. The van der Waals surface area contributed by atoms with Gasteiger partial charge >= 0.3 is 6.03 Å². The van der Waals surface area contributed by atoms with E-state index in [1.807, 2.05) is 49.4 Å².